The lowest BCUT2D eigenvalue weighted by molar-refractivity contribution is -0.145. The number of carbonyl (C=O) groups is 3. The zero-order valence-electron chi connectivity index (χ0n) is 16.7. The molecule has 2 aliphatic heterocycles. The number of benzene rings is 1. The first kappa shape index (κ1) is 21.7. The third kappa shape index (κ3) is 6.01. The molecule has 0 spiro atoms. The third-order valence-corrected chi connectivity index (χ3v) is 5.96. The van der Waals surface area contributed by atoms with Crippen molar-refractivity contribution in [3.63, 3.8) is 0 Å². The molecule has 0 aliphatic carbocycles. The summed E-state index contributed by atoms with van der Waals surface area (Å²) in [7, 11) is 0. The first-order chi connectivity index (χ1) is 14.0. The summed E-state index contributed by atoms with van der Waals surface area (Å²) in [5.41, 5.74) is 0.654. The highest BCUT2D eigenvalue weighted by Gasteiger charge is 2.35. The molecule has 8 nitrogen and oxygen atoms in total. The second kappa shape index (κ2) is 10.2. The van der Waals surface area contributed by atoms with Crippen molar-refractivity contribution in [1.29, 1.82) is 0 Å². The molecule has 158 valence electrons. The predicted octanol–water partition coefficient (Wildman–Crippen LogP) is 0.742. The fourth-order valence-electron chi connectivity index (χ4n) is 3.68. The predicted molar refractivity (Wildman–Crippen MR) is 114 cm³/mol. The topological polar surface area (TPSA) is 85.0 Å². The van der Waals surface area contributed by atoms with Crippen LogP contribution in [0.2, 0.25) is 0 Å². The molecule has 3 rings (SSSR count). The number of hydrogen-bond acceptors (Lipinski definition) is 5. The molecule has 1 aromatic rings. The Balaban J connectivity index is 1.58. The third-order valence-electron chi connectivity index (χ3n) is 5.43. The number of piperazine rings is 2. The van der Waals surface area contributed by atoms with Crippen LogP contribution in [0.1, 0.15) is 13.3 Å². The van der Waals surface area contributed by atoms with E-state index in [2.05, 4.69) is 43.3 Å². The Morgan fingerprint density at radius 2 is 1.76 bits per heavy atom. The molecular weight excluding hydrogens is 438 g/mol. The summed E-state index contributed by atoms with van der Waals surface area (Å²) in [5, 5.41) is 5.57. The molecule has 1 unspecified atom stereocenters. The minimum absolute atomic E-state index is 0.0583. The second-order valence-electron chi connectivity index (χ2n) is 7.36. The highest BCUT2D eigenvalue weighted by molar-refractivity contribution is 9.10. The van der Waals surface area contributed by atoms with E-state index in [0.29, 0.717) is 18.8 Å². The molecule has 9 heteroatoms. The number of hydrogen-bond donors (Lipinski definition) is 2. The van der Waals surface area contributed by atoms with E-state index in [1.165, 1.54) is 0 Å². The van der Waals surface area contributed by atoms with E-state index in [4.69, 9.17) is 0 Å². The average Bonchev–Trinajstić information content (AvgIpc) is 2.71. The lowest BCUT2D eigenvalue weighted by atomic mass is 10.1. The highest BCUT2D eigenvalue weighted by atomic mass is 79.9. The van der Waals surface area contributed by atoms with E-state index in [-0.39, 0.29) is 30.7 Å². The minimum atomic E-state index is -0.774. The Morgan fingerprint density at radius 1 is 1.10 bits per heavy atom. The summed E-state index contributed by atoms with van der Waals surface area (Å²) in [6, 6.07) is 6.45. The van der Waals surface area contributed by atoms with Crippen molar-refractivity contribution in [3.8, 4) is 0 Å². The zero-order chi connectivity index (χ0) is 20.8. The van der Waals surface area contributed by atoms with Gasteiger partial charge < -0.3 is 20.4 Å². The van der Waals surface area contributed by atoms with Crippen LogP contribution in [-0.2, 0) is 14.4 Å². The summed E-state index contributed by atoms with van der Waals surface area (Å²) < 4.78 is 0.915. The van der Waals surface area contributed by atoms with E-state index in [1.807, 2.05) is 12.1 Å². The lowest BCUT2D eigenvalue weighted by Crippen LogP contribution is -2.60. The molecule has 29 heavy (non-hydrogen) atoms. The van der Waals surface area contributed by atoms with E-state index >= 15 is 0 Å². The van der Waals surface area contributed by atoms with E-state index in [9.17, 15) is 14.4 Å². The monoisotopic (exact) mass is 465 g/mol. The molecule has 2 heterocycles. The fraction of sp³-hybridized carbons (Fsp3) is 0.550. The second-order valence-corrected chi connectivity index (χ2v) is 8.28. The molecule has 2 aliphatic rings. The molecule has 3 amide bonds. The maximum atomic E-state index is 12.9. The van der Waals surface area contributed by atoms with Crippen molar-refractivity contribution in [2.75, 3.05) is 57.7 Å². The molecule has 2 fully saturated rings. The van der Waals surface area contributed by atoms with Crippen LogP contribution in [0.4, 0.5) is 5.69 Å². The van der Waals surface area contributed by atoms with Crippen LogP contribution in [0.25, 0.3) is 0 Å². The summed E-state index contributed by atoms with van der Waals surface area (Å²) in [5.74, 6) is -0.652. The van der Waals surface area contributed by atoms with Crippen LogP contribution in [0.15, 0.2) is 28.7 Å². The van der Waals surface area contributed by atoms with E-state index in [0.717, 1.165) is 37.2 Å². The van der Waals surface area contributed by atoms with Crippen LogP contribution >= 0.6 is 15.9 Å². The van der Waals surface area contributed by atoms with Gasteiger partial charge in [0, 0.05) is 49.4 Å². The molecule has 0 saturated carbocycles. The van der Waals surface area contributed by atoms with Gasteiger partial charge in [0.2, 0.25) is 17.7 Å². The largest absolute Gasteiger partial charge is 0.353 e. The molecule has 2 saturated heterocycles. The first-order valence-electron chi connectivity index (χ1n) is 10.0. The molecule has 0 aromatic heterocycles. The minimum Gasteiger partial charge on any atom is -0.353 e. The molecular formula is C20H28BrN5O3. The fourth-order valence-corrected chi connectivity index (χ4v) is 3.95. The van der Waals surface area contributed by atoms with Crippen molar-refractivity contribution in [2.45, 2.75) is 19.4 Å². The quantitative estimate of drug-likeness (QED) is 0.647. The van der Waals surface area contributed by atoms with Crippen molar-refractivity contribution in [1.82, 2.24) is 20.0 Å². The number of anilines is 1. The summed E-state index contributed by atoms with van der Waals surface area (Å²) in [6.45, 7) is 7.86. The SMILES string of the molecule is CCN1CCN(CC(=O)N2CCNC(=O)C2CC(=O)Nc2ccc(Br)cc2)CC1. The van der Waals surface area contributed by atoms with Crippen molar-refractivity contribution >= 4 is 39.3 Å². The Morgan fingerprint density at radius 3 is 2.41 bits per heavy atom. The van der Waals surface area contributed by atoms with Gasteiger partial charge in [-0.2, -0.15) is 0 Å². The number of halogens is 1. The van der Waals surface area contributed by atoms with Gasteiger partial charge in [0.15, 0.2) is 0 Å². The van der Waals surface area contributed by atoms with Gasteiger partial charge in [-0.1, -0.05) is 22.9 Å². The van der Waals surface area contributed by atoms with Gasteiger partial charge in [0.25, 0.3) is 0 Å². The molecule has 1 aromatic carbocycles. The average molecular weight is 466 g/mol. The molecule has 1 atom stereocenters. The Labute approximate surface area is 179 Å². The van der Waals surface area contributed by atoms with Gasteiger partial charge in [-0.15, -0.1) is 0 Å². The van der Waals surface area contributed by atoms with Crippen LogP contribution < -0.4 is 10.6 Å². The van der Waals surface area contributed by atoms with E-state index < -0.39 is 6.04 Å². The number of amides is 3. The zero-order valence-corrected chi connectivity index (χ0v) is 18.3. The molecule has 0 bridgehead atoms. The summed E-state index contributed by atoms with van der Waals surface area (Å²) >= 11 is 3.35. The van der Waals surface area contributed by atoms with Crippen LogP contribution in [-0.4, -0.2) is 90.8 Å². The van der Waals surface area contributed by atoms with Crippen molar-refractivity contribution in [3.05, 3.63) is 28.7 Å². The normalized spacial score (nSPS) is 21.0. The smallest absolute Gasteiger partial charge is 0.243 e. The van der Waals surface area contributed by atoms with Gasteiger partial charge in [-0.3, -0.25) is 19.3 Å². The van der Waals surface area contributed by atoms with Crippen LogP contribution in [0.3, 0.4) is 0 Å². The van der Waals surface area contributed by atoms with Gasteiger partial charge in [-0.25, -0.2) is 0 Å². The standard InChI is InChI=1S/C20H28BrN5O3/c1-2-24-9-11-25(12-10-24)14-19(28)26-8-7-22-20(29)17(26)13-18(27)23-16-5-3-15(21)4-6-16/h3-6,17H,2,7-14H2,1H3,(H,22,29)(H,23,27). The number of rotatable bonds is 6. The van der Waals surface area contributed by atoms with Crippen LogP contribution in [0.5, 0.6) is 0 Å². The number of nitrogens with one attached hydrogen (secondary N) is 2. The van der Waals surface area contributed by atoms with Gasteiger partial charge in [0.05, 0.1) is 13.0 Å². The Bertz CT molecular complexity index is 734. The van der Waals surface area contributed by atoms with Gasteiger partial charge in [0.1, 0.15) is 6.04 Å². The molecule has 0 radical (unpaired) electrons. The molecule has 2 N–H and O–H groups in total. The maximum absolute atomic E-state index is 12.9. The summed E-state index contributed by atoms with van der Waals surface area (Å²) in [4.78, 5) is 43.8. The van der Waals surface area contributed by atoms with Crippen molar-refractivity contribution < 1.29 is 14.4 Å². The lowest BCUT2D eigenvalue weighted by Gasteiger charge is -2.38. The Kier molecular flexibility index (Phi) is 7.63. The van der Waals surface area contributed by atoms with Gasteiger partial charge in [-0.05, 0) is 30.8 Å². The maximum Gasteiger partial charge on any atom is 0.243 e. The van der Waals surface area contributed by atoms with E-state index in [1.54, 1.807) is 17.0 Å². The number of likely N-dealkylation sites (N-methyl/N-ethyl adjacent to an activating group) is 1. The number of carbonyl (C=O) groups excluding carboxylic acids is 3. The Hall–Kier alpha value is -1.97. The van der Waals surface area contributed by atoms with Gasteiger partial charge >= 0.3 is 0 Å². The number of nitrogens with zero attached hydrogens (tertiary/aromatic N) is 3. The van der Waals surface area contributed by atoms with Crippen molar-refractivity contribution in [2.24, 2.45) is 0 Å². The first-order valence-corrected chi connectivity index (χ1v) is 10.8. The highest BCUT2D eigenvalue weighted by Crippen LogP contribution is 2.16. The summed E-state index contributed by atoms with van der Waals surface area (Å²) in [6.07, 6.45) is -0.0583. The van der Waals surface area contributed by atoms with Crippen LogP contribution in [0, 0.1) is 0 Å².